The number of rotatable bonds is 10. The summed E-state index contributed by atoms with van der Waals surface area (Å²) in [6.45, 7) is 12.2. The molecule has 0 aliphatic carbocycles. The predicted molar refractivity (Wildman–Crippen MR) is 83.3 cm³/mol. The number of hydrogen-bond acceptors (Lipinski definition) is 2. The summed E-state index contributed by atoms with van der Waals surface area (Å²) < 4.78 is 0. The first-order chi connectivity index (χ1) is 8.47. The lowest BCUT2D eigenvalue weighted by molar-refractivity contribution is 0.00142. The number of aliphatic hydroxyl groups is 2. The van der Waals surface area contributed by atoms with Crippen molar-refractivity contribution in [3.8, 4) is 0 Å². The molecule has 19 heavy (non-hydrogen) atoms. The Bertz CT molecular complexity index is 236. The van der Waals surface area contributed by atoms with Crippen LogP contribution >= 0.6 is 0 Å². The van der Waals surface area contributed by atoms with Gasteiger partial charge in [0.05, 0.1) is 11.2 Å². The third kappa shape index (κ3) is 11.4. The predicted octanol–water partition coefficient (Wildman–Crippen LogP) is 4.68. The fraction of sp³-hybridized carbons (Fsp3) is 1.00. The monoisotopic (exact) mass is 272 g/mol. The SMILES string of the molecule is CCCCCCC(C)(O)CCC(C)(C)CC(C)(C)O. The van der Waals surface area contributed by atoms with E-state index in [1.54, 1.807) is 0 Å². The maximum Gasteiger partial charge on any atom is 0.0620 e. The van der Waals surface area contributed by atoms with Crippen LogP contribution in [0.4, 0.5) is 0 Å². The van der Waals surface area contributed by atoms with E-state index in [1.807, 2.05) is 20.8 Å². The van der Waals surface area contributed by atoms with Gasteiger partial charge in [-0.1, -0.05) is 46.5 Å². The lowest BCUT2D eigenvalue weighted by Gasteiger charge is -2.34. The maximum absolute atomic E-state index is 10.4. The standard InChI is InChI=1S/C17H36O2/c1-7-8-9-10-11-17(6,19)13-12-15(2,3)14-16(4,5)18/h18-19H,7-14H2,1-6H3. The highest BCUT2D eigenvalue weighted by Gasteiger charge is 2.30. The molecule has 0 aliphatic rings. The molecular weight excluding hydrogens is 236 g/mol. The summed E-state index contributed by atoms with van der Waals surface area (Å²) in [5.41, 5.74) is -1.10. The fourth-order valence-corrected chi connectivity index (χ4v) is 2.92. The summed E-state index contributed by atoms with van der Waals surface area (Å²) in [6.07, 6.45) is 8.28. The van der Waals surface area contributed by atoms with E-state index >= 15 is 0 Å². The van der Waals surface area contributed by atoms with Crippen LogP contribution in [0.2, 0.25) is 0 Å². The first kappa shape index (κ1) is 18.9. The van der Waals surface area contributed by atoms with Gasteiger partial charge in [0.1, 0.15) is 0 Å². The fourth-order valence-electron chi connectivity index (χ4n) is 2.92. The maximum atomic E-state index is 10.4. The summed E-state index contributed by atoms with van der Waals surface area (Å²) in [5, 5.41) is 20.3. The second-order valence-electron chi connectivity index (χ2n) is 7.96. The lowest BCUT2D eigenvalue weighted by atomic mass is 9.76. The van der Waals surface area contributed by atoms with Crippen molar-refractivity contribution in [2.75, 3.05) is 0 Å². The Morgan fingerprint density at radius 2 is 1.32 bits per heavy atom. The first-order valence-corrected chi connectivity index (χ1v) is 7.92. The van der Waals surface area contributed by atoms with Crippen LogP contribution < -0.4 is 0 Å². The van der Waals surface area contributed by atoms with E-state index in [2.05, 4.69) is 20.8 Å². The summed E-state index contributed by atoms with van der Waals surface area (Å²) in [6, 6.07) is 0. The molecule has 2 nitrogen and oxygen atoms in total. The van der Waals surface area contributed by atoms with Gasteiger partial charge in [0.2, 0.25) is 0 Å². The molecule has 1 unspecified atom stereocenters. The number of unbranched alkanes of at least 4 members (excludes halogenated alkanes) is 3. The summed E-state index contributed by atoms with van der Waals surface area (Å²) in [5.74, 6) is 0. The zero-order chi connectivity index (χ0) is 15.2. The van der Waals surface area contributed by atoms with Crippen LogP contribution in [0.25, 0.3) is 0 Å². The van der Waals surface area contributed by atoms with Crippen molar-refractivity contribution in [2.24, 2.45) is 5.41 Å². The van der Waals surface area contributed by atoms with Gasteiger partial charge in [-0.3, -0.25) is 0 Å². The van der Waals surface area contributed by atoms with Crippen LogP contribution in [0.3, 0.4) is 0 Å². The summed E-state index contributed by atoms with van der Waals surface area (Å²) in [7, 11) is 0. The van der Waals surface area contributed by atoms with E-state index in [4.69, 9.17) is 0 Å². The molecule has 116 valence electrons. The van der Waals surface area contributed by atoms with Crippen molar-refractivity contribution in [3.63, 3.8) is 0 Å². The highest BCUT2D eigenvalue weighted by atomic mass is 16.3. The van der Waals surface area contributed by atoms with Crippen LogP contribution in [0.1, 0.15) is 92.9 Å². The van der Waals surface area contributed by atoms with Crippen molar-refractivity contribution >= 4 is 0 Å². The van der Waals surface area contributed by atoms with Gasteiger partial charge in [0.25, 0.3) is 0 Å². The van der Waals surface area contributed by atoms with E-state index in [9.17, 15) is 10.2 Å². The molecule has 0 fully saturated rings. The zero-order valence-electron chi connectivity index (χ0n) is 14.1. The van der Waals surface area contributed by atoms with E-state index in [1.165, 1.54) is 19.3 Å². The molecular formula is C17H36O2. The van der Waals surface area contributed by atoms with Gasteiger partial charge in [-0.2, -0.15) is 0 Å². The van der Waals surface area contributed by atoms with E-state index in [-0.39, 0.29) is 5.41 Å². The Morgan fingerprint density at radius 1 is 0.737 bits per heavy atom. The average Bonchev–Trinajstić information content (AvgIpc) is 2.19. The molecule has 0 saturated carbocycles. The van der Waals surface area contributed by atoms with E-state index in [0.29, 0.717) is 0 Å². The first-order valence-electron chi connectivity index (χ1n) is 7.92. The van der Waals surface area contributed by atoms with Crippen molar-refractivity contribution in [1.82, 2.24) is 0 Å². The van der Waals surface area contributed by atoms with Crippen LogP contribution in [0.5, 0.6) is 0 Å². The lowest BCUT2D eigenvalue weighted by Crippen LogP contribution is -2.31. The highest BCUT2D eigenvalue weighted by molar-refractivity contribution is 4.82. The largest absolute Gasteiger partial charge is 0.390 e. The average molecular weight is 272 g/mol. The molecule has 0 aromatic rings. The minimum Gasteiger partial charge on any atom is -0.390 e. The Hall–Kier alpha value is -0.0800. The normalized spacial score (nSPS) is 16.4. The van der Waals surface area contributed by atoms with E-state index in [0.717, 1.165) is 32.1 Å². The second-order valence-corrected chi connectivity index (χ2v) is 7.96. The second kappa shape index (κ2) is 7.64. The third-order valence-corrected chi connectivity index (χ3v) is 3.82. The summed E-state index contributed by atoms with van der Waals surface area (Å²) in [4.78, 5) is 0. The Kier molecular flexibility index (Phi) is 7.60. The minimum atomic E-state index is -0.628. The van der Waals surface area contributed by atoms with Crippen LogP contribution in [0.15, 0.2) is 0 Å². The zero-order valence-corrected chi connectivity index (χ0v) is 14.1. The van der Waals surface area contributed by atoms with Crippen molar-refractivity contribution in [3.05, 3.63) is 0 Å². The van der Waals surface area contributed by atoms with Crippen LogP contribution in [0, 0.1) is 5.41 Å². The molecule has 0 saturated heterocycles. The van der Waals surface area contributed by atoms with Gasteiger partial charge in [-0.25, -0.2) is 0 Å². The molecule has 1 atom stereocenters. The molecule has 0 bridgehead atoms. The molecule has 0 aromatic heterocycles. The number of hydrogen-bond donors (Lipinski definition) is 2. The molecule has 0 aliphatic heterocycles. The molecule has 2 N–H and O–H groups in total. The van der Waals surface area contributed by atoms with Gasteiger partial charge in [-0.05, 0) is 51.9 Å². The smallest absolute Gasteiger partial charge is 0.0620 e. The molecule has 0 spiro atoms. The highest BCUT2D eigenvalue weighted by Crippen LogP contribution is 2.35. The Morgan fingerprint density at radius 3 is 1.79 bits per heavy atom. The van der Waals surface area contributed by atoms with Gasteiger partial charge < -0.3 is 10.2 Å². The molecule has 0 radical (unpaired) electrons. The van der Waals surface area contributed by atoms with Crippen molar-refractivity contribution in [2.45, 2.75) is 104 Å². The quantitative estimate of drug-likeness (QED) is 0.567. The van der Waals surface area contributed by atoms with Crippen LogP contribution in [-0.2, 0) is 0 Å². The van der Waals surface area contributed by atoms with Gasteiger partial charge in [-0.15, -0.1) is 0 Å². The third-order valence-electron chi connectivity index (χ3n) is 3.82. The molecule has 0 heterocycles. The van der Waals surface area contributed by atoms with E-state index < -0.39 is 11.2 Å². The van der Waals surface area contributed by atoms with Gasteiger partial charge in [0.15, 0.2) is 0 Å². The topological polar surface area (TPSA) is 40.5 Å². The molecule has 0 aromatic carbocycles. The van der Waals surface area contributed by atoms with Crippen molar-refractivity contribution < 1.29 is 10.2 Å². The van der Waals surface area contributed by atoms with Gasteiger partial charge in [0, 0.05) is 0 Å². The Labute approximate surface area is 120 Å². The van der Waals surface area contributed by atoms with Gasteiger partial charge >= 0.3 is 0 Å². The molecule has 0 amide bonds. The van der Waals surface area contributed by atoms with Crippen LogP contribution in [-0.4, -0.2) is 21.4 Å². The van der Waals surface area contributed by atoms with Crippen molar-refractivity contribution in [1.29, 1.82) is 0 Å². The Balaban J connectivity index is 4.07. The minimum absolute atomic E-state index is 0.0751. The molecule has 2 heteroatoms. The molecule has 0 rings (SSSR count). The summed E-state index contributed by atoms with van der Waals surface area (Å²) >= 11 is 0.